The molecule has 2 aliphatic carbocycles. The minimum atomic E-state index is -0.997. The normalized spacial score (nSPS) is 41.5. The fourth-order valence-corrected chi connectivity index (χ4v) is 4.53. The third-order valence-electron chi connectivity index (χ3n) is 5.50. The lowest BCUT2D eigenvalue weighted by atomic mass is 9.47. The van der Waals surface area contributed by atoms with Crippen molar-refractivity contribution in [3.63, 3.8) is 0 Å². The summed E-state index contributed by atoms with van der Waals surface area (Å²) in [5, 5.41) is 21.0. The molecule has 0 aromatic carbocycles. The molecule has 0 aromatic heterocycles. The maximum absolute atomic E-state index is 11.8. The summed E-state index contributed by atoms with van der Waals surface area (Å²) in [4.78, 5) is 11.8. The summed E-state index contributed by atoms with van der Waals surface area (Å²) in [7, 11) is 1.36. The maximum atomic E-state index is 11.8. The van der Waals surface area contributed by atoms with Crippen LogP contribution in [0.15, 0.2) is 24.3 Å². The third-order valence-corrected chi connectivity index (χ3v) is 5.50. The van der Waals surface area contributed by atoms with Gasteiger partial charge >= 0.3 is 5.97 Å². The van der Waals surface area contributed by atoms with Crippen molar-refractivity contribution in [2.45, 2.75) is 45.8 Å². The zero-order chi connectivity index (χ0) is 16.0. The van der Waals surface area contributed by atoms with E-state index in [-0.39, 0.29) is 35.1 Å². The maximum Gasteiger partial charge on any atom is 0.306 e. The number of hydrogen-bond acceptors (Lipinski definition) is 4. The minimum Gasteiger partial charge on any atom is -0.469 e. The second-order valence-corrected chi connectivity index (χ2v) is 7.25. The van der Waals surface area contributed by atoms with Crippen LogP contribution in [0.25, 0.3) is 0 Å². The van der Waals surface area contributed by atoms with Crippen LogP contribution in [0.1, 0.15) is 33.6 Å². The third kappa shape index (κ3) is 2.44. The first kappa shape index (κ1) is 16.2. The van der Waals surface area contributed by atoms with Crippen LogP contribution in [0.3, 0.4) is 0 Å². The Morgan fingerprint density at radius 2 is 2.05 bits per heavy atom. The molecule has 0 amide bonds. The van der Waals surface area contributed by atoms with Gasteiger partial charge in [0.05, 0.1) is 19.6 Å². The molecule has 0 radical (unpaired) electrons. The van der Waals surface area contributed by atoms with Crippen molar-refractivity contribution in [1.82, 2.24) is 0 Å². The van der Waals surface area contributed by atoms with E-state index in [4.69, 9.17) is 4.74 Å². The van der Waals surface area contributed by atoms with Gasteiger partial charge in [0.25, 0.3) is 0 Å². The number of methoxy groups -OCH3 is 1. The molecule has 21 heavy (non-hydrogen) atoms. The fourth-order valence-electron chi connectivity index (χ4n) is 4.53. The van der Waals surface area contributed by atoms with E-state index in [1.165, 1.54) is 7.11 Å². The van der Waals surface area contributed by atoms with Crippen molar-refractivity contribution < 1.29 is 19.7 Å². The summed E-state index contributed by atoms with van der Waals surface area (Å²) >= 11 is 0. The molecule has 5 atom stereocenters. The molecule has 0 heterocycles. The highest BCUT2D eigenvalue weighted by Gasteiger charge is 2.58. The van der Waals surface area contributed by atoms with Crippen molar-refractivity contribution in [1.29, 1.82) is 0 Å². The number of hydrogen-bond donors (Lipinski definition) is 2. The molecule has 2 N–H and O–H groups in total. The van der Waals surface area contributed by atoms with Gasteiger partial charge in [-0.3, -0.25) is 4.79 Å². The first-order valence-corrected chi connectivity index (χ1v) is 7.44. The molecule has 0 aromatic rings. The molecule has 5 unspecified atom stereocenters. The summed E-state index contributed by atoms with van der Waals surface area (Å²) in [5.41, 5.74) is -0.0253. The molecular weight excluding hydrogens is 268 g/mol. The van der Waals surface area contributed by atoms with Crippen LogP contribution < -0.4 is 0 Å². The molecule has 0 bridgehead atoms. The van der Waals surface area contributed by atoms with E-state index in [2.05, 4.69) is 39.5 Å². The molecule has 2 aliphatic rings. The zero-order valence-electron chi connectivity index (χ0n) is 13.3. The van der Waals surface area contributed by atoms with Gasteiger partial charge < -0.3 is 14.9 Å². The van der Waals surface area contributed by atoms with Gasteiger partial charge in [-0.2, -0.15) is 0 Å². The highest BCUT2D eigenvalue weighted by molar-refractivity contribution is 5.70. The van der Waals surface area contributed by atoms with Gasteiger partial charge in [-0.25, -0.2) is 0 Å². The number of aliphatic hydroxyl groups excluding tert-OH is 2. The van der Waals surface area contributed by atoms with Crippen LogP contribution in [-0.2, 0) is 9.53 Å². The number of esters is 1. The van der Waals surface area contributed by atoms with Crippen molar-refractivity contribution in [2.24, 2.45) is 22.7 Å². The average Bonchev–Trinajstić information content (AvgIpc) is 2.40. The molecule has 4 heteroatoms. The van der Waals surface area contributed by atoms with E-state index >= 15 is 0 Å². The number of allylic oxidation sites excluding steroid dienone is 2. The highest BCUT2D eigenvalue weighted by atomic mass is 16.5. The van der Waals surface area contributed by atoms with Crippen LogP contribution in [0, 0.1) is 22.7 Å². The van der Waals surface area contributed by atoms with Crippen molar-refractivity contribution in [3.8, 4) is 0 Å². The SMILES string of the molecule is C=C1C(O)C(O)C2C(C)(C)C=CCC2(C)C1CC(=O)OC. The van der Waals surface area contributed by atoms with E-state index in [9.17, 15) is 15.0 Å². The Labute approximate surface area is 126 Å². The van der Waals surface area contributed by atoms with Gasteiger partial charge in [0.15, 0.2) is 0 Å². The standard InChI is InChI=1S/C17H26O4/c1-10-11(9-12(18)21-5)17(4)8-6-7-16(2,3)15(17)14(20)13(10)19/h6-7,11,13-15,19-20H,1,8-9H2,2-5H3. The van der Waals surface area contributed by atoms with Crippen LogP contribution in [0.5, 0.6) is 0 Å². The molecule has 0 spiro atoms. The lowest BCUT2D eigenvalue weighted by Crippen LogP contribution is -2.59. The van der Waals surface area contributed by atoms with E-state index in [1.54, 1.807) is 0 Å². The van der Waals surface area contributed by atoms with E-state index in [0.29, 0.717) is 5.57 Å². The van der Waals surface area contributed by atoms with Crippen LogP contribution in [-0.4, -0.2) is 35.5 Å². The second-order valence-electron chi connectivity index (χ2n) is 7.25. The van der Waals surface area contributed by atoms with Crippen molar-refractivity contribution >= 4 is 5.97 Å². The Kier molecular flexibility index (Phi) is 4.06. The first-order chi connectivity index (χ1) is 9.65. The number of carbonyl (C=O) groups excluding carboxylic acids is 1. The molecule has 2 rings (SSSR count). The molecular formula is C17H26O4. The van der Waals surface area contributed by atoms with Crippen LogP contribution in [0.4, 0.5) is 0 Å². The molecule has 118 valence electrons. The summed E-state index contributed by atoms with van der Waals surface area (Å²) in [6.45, 7) is 10.2. The predicted octanol–water partition coefficient (Wildman–Crippen LogP) is 2.07. The van der Waals surface area contributed by atoms with Crippen molar-refractivity contribution in [3.05, 3.63) is 24.3 Å². The predicted molar refractivity (Wildman–Crippen MR) is 80.4 cm³/mol. The molecule has 1 saturated carbocycles. The van der Waals surface area contributed by atoms with Gasteiger partial charge in [-0.15, -0.1) is 0 Å². The number of ether oxygens (including phenoxy) is 1. The molecule has 4 nitrogen and oxygen atoms in total. The number of aliphatic hydroxyl groups is 2. The Morgan fingerprint density at radius 3 is 2.62 bits per heavy atom. The van der Waals surface area contributed by atoms with Gasteiger partial charge in [0.2, 0.25) is 0 Å². The first-order valence-electron chi connectivity index (χ1n) is 7.44. The van der Waals surface area contributed by atoms with Crippen LogP contribution in [0.2, 0.25) is 0 Å². The number of fused-ring (bicyclic) bond motifs is 1. The average molecular weight is 294 g/mol. The smallest absolute Gasteiger partial charge is 0.306 e. The zero-order valence-corrected chi connectivity index (χ0v) is 13.3. The van der Waals surface area contributed by atoms with Gasteiger partial charge in [0.1, 0.15) is 6.10 Å². The molecule has 0 aliphatic heterocycles. The molecule has 1 fully saturated rings. The summed E-state index contributed by atoms with van der Waals surface area (Å²) in [5.74, 6) is -0.639. The topological polar surface area (TPSA) is 66.8 Å². The number of rotatable bonds is 2. The second kappa shape index (κ2) is 5.25. The monoisotopic (exact) mass is 294 g/mol. The van der Waals surface area contributed by atoms with Gasteiger partial charge in [0, 0.05) is 5.92 Å². The lowest BCUT2D eigenvalue weighted by Gasteiger charge is -2.58. The lowest BCUT2D eigenvalue weighted by molar-refractivity contribution is -0.152. The van der Waals surface area contributed by atoms with E-state index in [1.807, 2.05) is 0 Å². The highest BCUT2D eigenvalue weighted by Crippen LogP contribution is 2.59. The van der Waals surface area contributed by atoms with Gasteiger partial charge in [-0.05, 0) is 28.7 Å². The summed E-state index contributed by atoms with van der Waals surface area (Å²) in [6.07, 6.45) is 3.29. The summed E-state index contributed by atoms with van der Waals surface area (Å²) < 4.78 is 4.80. The van der Waals surface area contributed by atoms with Gasteiger partial charge in [-0.1, -0.05) is 39.5 Å². The summed E-state index contributed by atoms with van der Waals surface area (Å²) in [6, 6.07) is 0. The van der Waals surface area contributed by atoms with E-state index < -0.39 is 12.2 Å². The van der Waals surface area contributed by atoms with Crippen LogP contribution >= 0.6 is 0 Å². The Morgan fingerprint density at radius 1 is 1.43 bits per heavy atom. The van der Waals surface area contributed by atoms with Crippen molar-refractivity contribution in [2.75, 3.05) is 7.11 Å². The quantitative estimate of drug-likeness (QED) is 0.604. The number of carbonyl (C=O) groups is 1. The van der Waals surface area contributed by atoms with E-state index in [0.717, 1.165) is 6.42 Å². The Bertz CT molecular complexity index is 479. The Hall–Kier alpha value is -1.13. The largest absolute Gasteiger partial charge is 0.469 e. The fraction of sp³-hybridized carbons (Fsp3) is 0.706. The molecule has 0 saturated heterocycles. The Balaban J connectivity index is 2.48. The minimum absolute atomic E-state index is 0.134.